The Balaban J connectivity index is 1.84. The highest BCUT2D eigenvalue weighted by atomic mass is 16.5. The first-order chi connectivity index (χ1) is 11.4. The fourth-order valence-corrected chi connectivity index (χ4v) is 2.06. The van der Waals surface area contributed by atoms with E-state index in [1.807, 2.05) is 45.0 Å². The lowest BCUT2D eigenvalue weighted by Gasteiger charge is -2.20. The van der Waals surface area contributed by atoms with E-state index in [2.05, 4.69) is 20.6 Å². The second-order valence-corrected chi connectivity index (χ2v) is 6.52. The lowest BCUT2D eigenvalue weighted by molar-refractivity contribution is 0.0919. The van der Waals surface area contributed by atoms with Crippen molar-refractivity contribution in [2.24, 2.45) is 0 Å². The molecule has 0 unspecified atom stereocenters. The van der Waals surface area contributed by atoms with Crippen molar-refractivity contribution in [3.8, 4) is 5.75 Å². The van der Waals surface area contributed by atoms with Crippen molar-refractivity contribution in [3.05, 3.63) is 47.8 Å². The van der Waals surface area contributed by atoms with Crippen LogP contribution in [0.3, 0.4) is 0 Å². The SMILES string of the molecule is COc1ccc(CCNc2ncc(C(=O)NC(C)(C)C)cn2)cc1. The molecule has 0 aliphatic rings. The smallest absolute Gasteiger partial charge is 0.254 e. The van der Waals surface area contributed by atoms with Gasteiger partial charge in [0.25, 0.3) is 5.91 Å². The number of amides is 1. The molecule has 0 saturated carbocycles. The Labute approximate surface area is 142 Å². The van der Waals surface area contributed by atoms with Crippen molar-refractivity contribution in [1.82, 2.24) is 15.3 Å². The molecule has 0 spiro atoms. The van der Waals surface area contributed by atoms with Gasteiger partial charge in [0.1, 0.15) is 5.75 Å². The average molecular weight is 328 g/mol. The Morgan fingerprint density at radius 3 is 2.29 bits per heavy atom. The lowest BCUT2D eigenvalue weighted by atomic mass is 10.1. The number of anilines is 1. The van der Waals surface area contributed by atoms with Crippen molar-refractivity contribution in [2.75, 3.05) is 19.0 Å². The van der Waals surface area contributed by atoms with E-state index >= 15 is 0 Å². The molecule has 0 fully saturated rings. The second-order valence-electron chi connectivity index (χ2n) is 6.52. The molecule has 1 aromatic heterocycles. The van der Waals surface area contributed by atoms with Crippen molar-refractivity contribution >= 4 is 11.9 Å². The van der Waals surface area contributed by atoms with Gasteiger partial charge >= 0.3 is 0 Å². The van der Waals surface area contributed by atoms with Crippen LogP contribution in [0.2, 0.25) is 0 Å². The standard InChI is InChI=1S/C18H24N4O2/c1-18(2,3)22-16(23)14-11-20-17(21-12-14)19-10-9-13-5-7-15(24-4)8-6-13/h5-8,11-12H,9-10H2,1-4H3,(H,22,23)(H,19,20,21). The number of nitrogens with one attached hydrogen (secondary N) is 2. The minimum absolute atomic E-state index is 0.174. The molecule has 128 valence electrons. The minimum atomic E-state index is -0.285. The van der Waals surface area contributed by atoms with Crippen LogP contribution >= 0.6 is 0 Å². The third kappa shape index (κ3) is 5.53. The van der Waals surface area contributed by atoms with Crippen LogP contribution in [0.1, 0.15) is 36.7 Å². The van der Waals surface area contributed by atoms with Crippen molar-refractivity contribution in [2.45, 2.75) is 32.7 Å². The number of hydrogen-bond donors (Lipinski definition) is 2. The largest absolute Gasteiger partial charge is 0.497 e. The second kappa shape index (κ2) is 7.77. The predicted octanol–water partition coefficient (Wildman–Crippen LogP) is 2.67. The van der Waals surface area contributed by atoms with Crippen LogP contribution in [0.4, 0.5) is 5.95 Å². The fraction of sp³-hybridized carbons (Fsp3) is 0.389. The number of aromatic nitrogens is 2. The molecular weight excluding hydrogens is 304 g/mol. The lowest BCUT2D eigenvalue weighted by Crippen LogP contribution is -2.40. The Bertz CT molecular complexity index is 661. The van der Waals surface area contributed by atoms with Gasteiger partial charge in [0.05, 0.1) is 12.7 Å². The predicted molar refractivity (Wildman–Crippen MR) is 94.4 cm³/mol. The van der Waals surface area contributed by atoms with E-state index in [0.29, 0.717) is 18.1 Å². The summed E-state index contributed by atoms with van der Waals surface area (Å²) in [6, 6.07) is 7.94. The monoisotopic (exact) mass is 328 g/mol. The molecule has 0 bridgehead atoms. The zero-order valence-corrected chi connectivity index (χ0v) is 14.6. The van der Waals surface area contributed by atoms with Crippen LogP contribution in [0, 0.1) is 0 Å². The third-order valence-electron chi connectivity index (χ3n) is 3.26. The van der Waals surface area contributed by atoms with E-state index in [1.165, 1.54) is 18.0 Å². The Hall–Kier alpha value is -2.63. The number of carbonyl (C=O) groups is 1. The molecular formula is C18H24N4O2. The molecule has 2 rings (SSSR count). The number of nitrogens with zero attached hydrogens (tertiary/aromatic N) is 2. The van der Waals surface area contributed by atoms with Gasteiger partial charge < -0.3 is 15.4 Å². The first-order valence-corrected chi connectivity index (χ1v) is 7.89. The van der Waals surface area contributed by atoms with E-state index < -0.39 is 0 Å². The summed E-state index contributed by atoms with van der Waals surface area (Å²) in [6.45, 7) is 6.50. The maximum absolute atomic E-state index is 12.0. The average Bonchev–Trinajstić information content (AvgIpc) is 2.54. The quantitative estimate of drug-likeness (QED) is 0.852. The zero-order valence-electron chi connectivity index (χ0n) is 14.6. The van der Waals surface area contributed by atoms with Crippen LogP contribution in [-0.2, 0) is 6.42 Å². The highest BCUT2D eigenvalue weighted by Crippen LogP contribution is 2.11. The Kier molecular flexibility index (Phi) is 5.73. The Morgan fingerprint density at radius 1 is 1.12 bits per heavy atom. The normalized spacial score (nSPS) is 11.0. The summed E-state index contributed by atoms with van der Waals surface area (Å²) >= 11 is 0. The van der Waals surface area contributed by atoms with Gasteiger partial charge in [0, 0.05) is 24.5 Å². The summed E-state index contributed by atoms with van der Waals surface area (Å²) in [4.78, 5) is 20.4. The van der Waals surface area contributed by atoms with E-state index in [-0.39, 0.29) is 11.4 Å². The summed E-state index contributed by atoms with van der Waals surface area (Å²) in [7, 11) is 1.65. The van der Waals surface area contributed by atoms with Gasteiger partial charge in [-0.05, 0) is 44.9 Å². The maximum Gasteiger partial charge on any atom is 0.254 e. The number of ether oxygens (including phenoxy) is 1. The maximum atomic E-state index is 12.0. The van der Waals surface area contributed by atoms with Crippen molar-refractivity contribution in [3.63, 3.8) is 0 Å². The van der Waals surface area contributed by atoms with Crippen molar-refractivity contribution < 1.29 is 9.53 Å². The third-order valence-corrected chi connectivity index (χ3v) is 3.26. The summed E-state index contributed by atoms with van der Waals surface area (Å²) in [6.07, 6.45) is 3.91. The molecule has 0 radical (unpaired) electrons. The number of carbonyl (C=O) groups excluding carboxylic acids is 1. The van der Waals surface area contributed by atoms with Gasteiger partial charge in [-0.25, -0.2) is 9.97 Å². The minimum Gasteiger partial charge on any atom is -0.497 e. The Morgan fingerprint density at radius 2 is 1.75 bits per heavy atom. The fourth-order valence-electron chi connectivity index (χ4n) is 2.06. The highest BCUT2D eigenvalue weighted by Gasteiger charge is 2.15. The van der Waals surface area contributed by atoms with E-state index in [0.717, 1.165) is 12.2 Å². The molecule has 1 aromatic carbocycles. The number of benzene rings is 1. The number of rotatable bonds is 6. The van der Waals surface area contributed by atoms with Crippen molar-refractivity contribution in [1.29, 1.82) is 0 Å². The van der Waals surface area contributed by atoms with Crippen LogP contribution in [-0.4, -0.2) is 35.1 Å². The summed E-state index contributed by atoms with van der Waals surface area (Å²) in [5.41, 5.74) is 1.36. The molecule has 0 aliphatic heterocycles. The van der Waals surface area contributed by atoms with E-state index in [1.54, 1.807) is 7.11 Å². The molecule has 1 amide bonds. The van der Waals surface area contributed by atoms with Gasteiger partial charge in [0.2, 0.25) is 5.95 Å². The first-order valence-electron chi connectivity index (χ1n) is 7.89. The van der Waals surface area contributed by atoms with Gasteiger partial charge in [-0.15, -0.1) is 0 Å². The van der Waals surface area contributed by atoms with Crippen LogP contribution in [0.25, 0.3) is 0 Å². The molecule has 0 atom stereocenters. The summed E-state index contributed by atoms with van der Waals surface area (Å²) in [5, 5.41) is 6.03. The topological polar surface area (TPSA) is 76.1 Å². The molecule has 6 heteroatoms. The molecule has 2 aromatic rings. The van der Waals surface area contributed by atoms with E-state index in [4.69, 9.17) is 4.74 Å². The molecule has 6 nitrogen and oxygen atoms in total. The molecule has 0 saturated heterocycles. The highest BCUT2D eigenvalue weighted by molar-refractivity contribution is 5.94. The molecule has 2 N–H and O–H groups in total. The van der Waals surface area contributed by atoms with Crippen LogP contribution < -0.4 is 15.4 Å². The van der Waals surface area contributed by atoms with Crippen LogP contribution in [0.5, 0.6) is 5.75 Å². The van der Waals surface area contributed by atoms with Gasteiger partial charge in [-0.2, -0.15) is 0 Å². The van der Waals surface area contributed by atoms with Gasteiger partial charge in [0.15, 0.2) is 0 Å². The summed E-state index contributed by atoms with van der Waals surface area (Å²) < 4.78 is 5.14. The zero-order chi connectivity index (χ0) is 17.6. The summed E-state index contributed by atoms with van der Waals surface area (Å²) in [5.74, 6) is 1.18. The number of hydrogen-bond acceptors (Lipinski definition) is 5. The number of methoxy groups -OCH3 is 1. The molecule has 1 heterocycles. The van der Waals surface area contributed by atoms with Gasteiger partial charge in [-0.1, -0.05) is 12.1 Å². The van der Waals surface area contributed by atoms with E-state index in [9.17, 15) is 4.79 Å². The molecule has 24 heavy (non-hydrogen) atoms. The van der Waals surface area contributed by atoms with Crippen LogP contribution in [0.15, 0.2) is 36.7 Å². The van der Waals surface area contributed by atoms with Gasteiger partial charge in [-0.3, -0.25) is 4.79 Å². The first kappa shape index (κ1) is 17.7. The molecule has 0 aliphatic carbocycles.